The van der Waals surface area contributed by atoms with Crippen LogP contribution in [-0.2, 0) is 0 Å². The van der Waals surface area contributed by atoms with E-state index in [9.17, 15) is 17.6 Å². The first-order valence-corrected chi connectivity index (χ1v) is 6.02. The molecule has 0 bridgehead atoms. The molecular weight excluding hydrogens is 270 g/mol. The highest BCUT2D eigenvalue weighted by molar-refractivity contribution is 5.37. The van der Waals surface area contributed by atoms with Gasteiger partial charge in [-0.1, -0.05) is 6.07 Å². The third-order valence-corrected chi connectivity index (χ3v) is 3.17. The molecule has 1 nitrogen and oxygen atoms in total. The van der Waals surface area contributed by atoms with Crippen LogP contribution in [0.3, 0.4) is 0 Å². The molecule has 2 aromatic carbocycles. The molecule has 2 rings (SSSR count). The minimum atomic E-state index is -1.11. The summed E-state index contributed by atoms with van der Waals surface area (Å²) in [6.07, 6.45) is 0. The molecular formula is C15H13F4N. The first-order valence-electron chi connectivity index (χ1n) is 6.02. The molecule has 0 aliphatic carbocycles. The Hall–Kier alpha value is -1.88. The van der Waals surface area contributed by atoms with Crippen molar-refractivity contribution in [2.24, 2.45) is 0 Å². The normalized spacial score (nSPS) is 12.5. The van der Waals surface area contributed by atoms with E-state index in [4.69, 9.17) is 0 Å². The lowest BCUT2D eigenvalue weighted by Crippen LogP contribution is -2.22. The van der Waals surface area contributed by atoms with Crippen molar-refractivity contribution in [1.29, 1.82) is 0 Å². The lowest BCUT2D eigenvalue weighted by atomic mass is 9.95. The predicted octanol–water partition coefficient (Wildman–Crippen LogP) is 3.86. The van der Waals surface area contributed by atoms with Crippen molar-refractivity contribution < 1.29 is 17.6 Å². The molecule has 0 aliphatic heterocycles. The summed E-state index contributed by atoms with van der Waals surface area (Å²) in [5.74, 6) is -2.98. The second-order valence-corrected chi connectivity index (χ2v) is 4.48. The van der Waals surface area contributed by atoms with Crippen LogP contribution in [0.4, 0.5) is 17.6 Å². The lowest BCUT2D eigenvalue weighted by molar-refractivity contribution is 0.500. The van der Waals surface area contributed by atoms with E-state index < -0.39 is 29.3 Å². The monoisotopic (exact) mass is 283 g/mol. The van der Waals surface area contributed by atoms with Gasteiger partial charge in [0.05, 0.1) is 6.04 Å². The van der Waals surface area contributed by atoms with E-state index in [1.54, 1.807) is 0 Å². The maximum Gasteiger partial charge on any atom is 0.134 e. The number of rotatable bonds is 3. The van der Waals surface area contributed by atoms with Gasteiger partial charge in [0.25, 0.3) is 0 Å². The summed E-state index contributed by atoms with van der Waals surface area (Å²) in [6, 6.07) is 4.11. The maximum atomic E-state index is 14.1. The summed E-state index contributed by atoms with van der Waals surface area (Å²) < 4.78 is 55.1. The van der Waals surface area contributed by atoms with Gasteiger partial charge in [-0.05, 0) is 43.8 Å². The maximum absolute atomic E-state index is 14.1. The smallest absolute Gasteiger partial charge is 0.134 e. The van der Waals surface area contributed by atoms with E-state index in [1.807, 2.05) is 0 Å². The van der Waals surface area contributed by atoms with E-state index >= 15 is 0 Å². The van der Waals surface area contributed by atoms with Gasteiger partial charge >= 0.3 is 0 Å². The van der Waals surface area contributed by atoms with Gasteiger partial charge in [-0.25, -0.2) is 17.6 Å². The van der Waals surface area contributed by atoms with Gasteiger partial charge in [-0.3, -0.25) is 0 Å². The molecule has 0 saturated carbocycles. The second kappa shape index (κ2) is 5.63. The van der Waals surface area contributed by atoms with Crippen LogP contribution < -0.4 is 5.32 Å². The van der Waals surface area contributed by atoms with Crippen molar-refractivity contribution in [1.82, 2.24) is 5.32 Å². The molecule has 0 amide bonds. The third-order valence-electron chi connectivity index (χ3n) is 3.17. The molecule has 0 aromatic heterocycles. The number of hydrogen-bond donors (Lipinski definition) is 1. The molecule has 0 fully saturated rings. The third kappa shape index (κ3) is 2.54. The van der Waals surface area contributed by atoms with Gasteiger partial charge in [0.1, 0.15) is 23.3 Å². The minimum absolute atomic E-state index is 0.143. The van der Waals surface area contributed by atoms with Crippen LogP contribution in [-0.4, -0.2) is 7.05 Å². The van der Waals surface area contributed by atoms with Crippen LogP contribution in [0.5, 0.6) is 0 Å². The van der Waals surface area contributed by atoms with Crippen LogP contribution in [0, 0.1) is 30.2 Å². The molecule has 0 spiro atoms. The van der Waals surface area contributed by atoms with Gasteiger partial charge in [-0.15, -0.1) is 0 Å². The molecule has 1 N–H and O–H groups in total. The molecule has 2 aromatic rings. The van der Waals surface area contributed by atoms with Crippen LogP contribution >= 0.6 is 0 Å². The number of hydrogen-bond acceptors (Lipinski definition) is 1. The first kappa shape index (κ1) is 14.5. The Labute approximate surface area is 114 Å². The minimum Gasteiger partial charge on any atom is -0.309 e. The molecule has 1 atom stereocenters. The average molecular weight is 283 g/mol. The fourth-order valence-corrected chi connectivity index (χ4v) is 2.13. The summed E-state index contributed by atoms with van der Waals surface area (Å²) in [5.41, 5.74) is -0.230. The van der Waals surface area contributed by atoms with Gasteiger partial charge in [0.2, 0.25) is 0 Å². The highest BCUT2D eigenvalue weighted by atomic mass is 19.1. The van der Waals surface area contributed by atoms with Gasteiger partial charge < -0.3 is 5.32 Å². The Kier molecular flexibility index (Phi) is 4.09. The quantitative estimate of drug-likeness (QED) is 0.843. The van der Waals surface area contributed by atoms with Gasteiger partial charge in [0, 0.05) is 11.1 Å². The Morgan fingerprint density at radius 3 is 2.25 bits per heavy atom. The summed E-state index contributed by atoms with van der Waals surface area (Å²) >= 11 is 0. The van der Waals surface area contributed by atoms with Crippen LogP contribution in [0.15, 0.2) is 30.3 Å². The standard InChI is InChI=1S/C15H13F4N/c1-8-3-5-12(18)13(14(8)19)15(20-2)10-7-9(16)4-6-11(10)17/h3-7,15,20H,1-2H3. The van der Waals surface area contributed by atoms with Crippen LogP contribution in [0.25, 0.3) is 0 Å². The Morgan fingerprint density at radius 2 is 1.60 bits per heavy atom. The number of aryl methyl sites for hydroxylation is 1. The van der Waals surface area contributed by atoms with Gasteiger partial charge in [-0.2, -0.15) is 0 Å². The number of halogens is 4. The van der Waals surface area contributed by atoms with E-state index in [1.165, 1.54) is 20.0 Å². The van der Waals surface area contributed by atoms with Crippen molar-refractivity contribution in [2.75, 3.05) is 7.05 Å². The molecule has 0 radical (unpaired) electrons. The van der Waals surface area contributed by atoms with Crippen LogP contribution in [0.1, 0.15) is 22.7 Å². The highest BCUT2D eigenvalue weighted by Gasteiger charge is 2.24. The molecule has 5 heteroatoms. The SMILES string of the molecule is CNC(c1cc(F)ccc1F)c1c(F)ccc(C)c1F. The molecule has 1 unspecified atom stereocenters. The average Bonchev–Trinajstić information content (AvgIpc) is 2.42. The summed E-state index contributed by atoms with van der Waals surface area (Å²) in [4.78, 5) is 0. The van der Waals surface area contributed by atoms with Crippen LogP contribution in [0.2, 0.25) is 0 Å². The zero-order valence-electron chi connectivity index (χ0n) is 11.0. The molecule has 0 aliphatic rings. The van der Waals surface area contributed by atoms with E-state index in [0.717, 1.165) is 24.3 Å². The molecule has 0 heterocycles. The van der Waals surface area contributed by atoms with Crippen molar-refractivity contribution in [3.05, 3.63) is 70.3 Å². The van der Waals surface area contributed by atoms with Crippen molar-refractivity contribution in [3.63, 3.8) is 0 Å². The van der Waals surface area contributed by atoms with E-state index in [-0.39, 0.29) is 16.7 Å². The van der Waals surface area contributed by atoms with Crippen molar-refractivity contribution >= 4 is 0 Å². The fraction of sp³-hybridized carbons (Fsp3) is 0.200. The number of nitrogens with one attached hydrogen (secondary N) is 1. The van der Waals surface area contributed by atoms with E-state index in [0.29, 0.717) is 0 Å². The molecule has 0 saturated heterocycles. The molecule has 106 valence electrons. The van der Waals surface area contributed by atoms with Crippen molar-refractivity contribution in [3.8, 4) is 0 Å². The van der Waals surface area contributed by atoms with E-state index in [2.05, 4.69) is 5.32 Å². The fourth-order valence-electron chi connectivity index (χ4n) is 2.13. The summed E-state index contributed by atoms with van der Waals surface area (Å²) in [6.45, 7) is 1.48. The summed E-state index contributed by atoms with van der Waals surface area (Å²) in [7, 11) is 1.43. The van der Waals surface area contributed by atoms with Gasteiger partial charge in [0.15, 0.2) is 0 Å². The highest BCUT2D eigenvalue weighted by Crippen LogP contribution is 2.30. The largest absolute Gasteiger partial charge is 0.309 e. The first-order chi connectivity index (χ1) is 9.45. The number of benzene rings is 2. The zero-order chi connectivity index (χ0) is 14.9. The Balaban J connectivity index is 2.64. The Morgan fingerprint density at radius 1 is 0.950 bits per heavy atom. The zero-order valence-corrected chi connectivity index (χ0v) is 11.0. The summed E-state index contributed by atoms with van der Waals surface area (Å²) in [5, 5.41) is 2.62. The lowest BCUT2D eigenvalue weighted by Gasteiger charge is -2.20. The van der Waals surface area contributed by atoms with Crippen molar-refractivity contribution in [2.45, 2.75) is 13.0 Å². The Bertz CT molecular complexity index is 640. The predicted molar refractivity (Wildman–Crippen MR) is 68.4 cm³/mol. The second-order valence-electron chi connectivity index (χ2n) is 4.48. The molecule has 20 heavy (non-hydrogen) atoms. The topological polar surface area (TPSA) is 12.0 Å².